The Morgan fingerprint density at radius 1 is 1.29 bits per heavy atom. The monoisotopic (exact) mass is 287 g/mol. The smallest absolute Gasteiger partial charge is 0.326 e. The van der Waals surface area contributed by atoms with Crippen LogP contribution in [-0.2, 0) is 14.4 Å². The van der Waals surface area contributed by atoms with E-state index in [0.29, 0.717) is 24.2 Å². The van der Waals surface area contributed by atoms with Gasteiger partial charge in [-0.05, 0) is 31.0 Å². The molecule has 1 aliphatic carbocycles. The van der Waals surface area contributed by atoms with Crippen molar-refractivity contribution in [2.75, 3.05) is 10.2 Å². The first kappa shape index (κ1) is 13.3. The minimum Gasteiger partial charge on any atom is -0.326 e. The summed E-state index contributed by atoms with van der Waals surface area (Å²) in [6.45, 7) is 1.36. The third-order valence-corrected chi connectivity index (χ3v) is 3.65. The molecule has 0 aromatic heterocycles. The van der Waals surface area contributed by atoms with Gasteiger partial charge in [-0.25, -0.2) is 9.69 Å². The molecule has 1 heterocycles. The number of carbonyl (C=O) groups excluding carboxylic acids is 4. The molecule has 0 atom stereocenters. The number of urea groups is 1. The molecule has 108 valence electrons. The van der Waals surface area contributed by atoms with Gasteiger partial charge < -0.3 is 5.32 Å². The van der Waals surface area contributed by atoms with Crippen molar-refractivity contribution in [3.63, 3.8) is 0 Å². The van der Waals surface area contributed by atoms with Gasteiger partial charge in [0.05, 0.1) is 5.69 Å². The summed E-state index contributed by atoms with van der Waals surface area (Å²) in [5.74, 6) is -1.28. The van der Waals surface area contributed by atoms with Crippen LogP contribution in [0.25, 0.3) is 0 Å². The highest BCUT2D eigenvalue weighted by atomic mass is 16.2. The van der Waals surface area contributed by atoms with Crippen LogP contribution >= 0.6 is 0 Å². The molecule has 2 N–H and O–H groups in total. The number of amides is 5. The summed E-state index contributed by atoms with van der Waals surface area (Å²) < 4.78 is 0. The molecule has 1 saturated heterocycles. The van der Waals surface area contributed by atoms with Crippen LogP contribution in [0.2, 0.25) is 0 Å². The fourth-order valence-corrected chi connectivity index (χ4v) is 2.40. The molecule has 1 saturated carbocycles. The molecule has 7 nitrogen and oxygen atoms in total. The zero-order valence-electron chi connectivity index (χ0n) is 11.3. The molecular weight excluding hydrogens is 274 g/mol. The maximum absolute atomic E-state index is 12.4. The van der Waals surface area contributed by atoms with Gasteiger partial charge in [0.1, 0.15) is 5.41 Å². The largest absolute Gasteiger partial charge is 0.335 e. The van der Waals surface area contributed by atoms with E-state index in [9.17, 15) is 19.2 Å². The fourth-order valence-electron chi connectivity index (χ4n) is 2.40. The Morgan fingerprint density at radius 2 is 2.00 bits per heavy atom. The van der Waals surface area contributed by atoms with Crippen LogP contribution in [0.4, 0.5) is 16.2 Å². The highest BCUT2D eigenvalue weighted by Gasteiger charge is 2.62. The number of benzene rings is 1. The third kappa shape index (κ3) is 2.06. The Morgan fingerprint density at radius 3 is 2.62 bits per heavy atom. The van der Waals surface area contributed by atoms with E-state index in [0.717, 1.165) is 4.90 Å². The zero-order valence-corrected chi connectivity index (χ0v) is 11.3. The summed E-state index contributed by atoms with van der Waals surface area (Å²) in [5, 5.41) is 4.79. The predicted octanol–water partition coefficient (Wildman–Crippen LogP) is 1.01. The van der Waals surface area contributed by atoms with Crippen LogP contribution in [0, 0.1) is 5.41 Å². The lowest BCUT2D eigenvalue weighted by Gasteiger charge is -2.30. The average molecular weight is 287 g/mol. The van der Waals surface area contributed by atoms with Crippen LogP contribution in [-0.4, -0.2) is 23.8 Å². The molecule has 21 heavy (non-hydrogen) atoms. The number of barbiturate groups is 1. The van der Waals surface area contributed by atoms with Gasteiger partial charge >= 0.3 is 6.03 Å². The zero-order chi connectivity index (χ0) is 15.2. The maximum Gasteiger partial charge on any atom is 0.335 e. The summed E-state index contributed by atoms with van der Waals surface area (Å²) in [5.41, 5.74) is -0.289. The molecule has 0 radical (unpaired) electrons. The van der Waals surface area contributed by atoms with Crippen LogP contribution in [0.15, 0.2) is 24.3 Å². The highest BCUT2D eigenvalue weighted by Crippen LogP contribution is 2.49. The lowest BCUT2D eigenvalue weighted by molar-refractivity contribution is -0.136. The Balaban J connectivity index is 1.95. The maximum atomic E-state index is 12.4. The highest BCUT2D eigenvalue weighted by molar-refractivity contribution is 6.31. The molecule has 1 aromatic rings. The molecule has 2 fully saturated rings. The first-order valence-corrected chi connectivity index (χ1v) is 6.52. The molecule has 0 bridgehead atoms. The van der Waals surface area contributed by atoms with Crippen LogP contribution in [0.5, 0.6) is 0 Å². The molecule has 3 rings (SSSR count). The summed E-state index contributed by atoms with van der Waals surface area (Å²) in [7, 11) is 0. The third-order valence-electron chi connectivity index (χ3n) is 3.65. The van der Waals surface area contributed by atoms with Crippen molar-refractivity contribution in [2.24, 2.45) is 5.41 Å². The number of carbonyl (C=O) groups is 4. The standard InChI is InChI=1S/C14H13N3O4/c1-8(18)15-9-3-2-4-10(7-9)17-12(20)14(5-6-14)11(19)16-13(17)21/h2-4,7H,5-6H2,1H3,(H,15,18)(H,16,19,21). The van der Waals surface area contributed by atoms with Crippen molar-refractivity contribution >= 4 is 35.1 Å². The predicted molar refractivity (Wildman–Crippen MR) is 73.4 cm³/mol. The Labute approximate surface area is 120 Å². The van der Waals surface area contributed by atoms with Gasteiger partial charge in [0.25, 0.3) is 5.91 Å². The van der Waals surface area contributed by atoms with Crippen molar-refractivity contribution in [2.45, 2.75) is 19.8 Å². The lowest BCUT2D eigenvalue weighted by atomic mass is 10.0. The number of nitrogens with zero attached hydrogens (tertiary/aromatic N) is 1. The second-order valence-electron chi connectivity index (χ2n) is 5.21. The van der Waals surface area contributed by atoms with E-state index < -0.39 is 23.3 Å². The van der Waals surface area contributed by atoms with Crippen LogP contribution in [0.3, 0.4) is 0 Å². The summed E-state index contributed by atoms with van der Waals surface area (Å²) >= 11 is 0. The Kier molecular flexibility index (Phi) is 2.79. The number of anilines is 2. The van der Waals surface area contributed by atoms with E-state index in [4.69, 9.17) is 0 Å². The summed E-state index contributed by atoms with van der Waals surface area (Å²) in [6.07, 6.45) is 0.902. The molecule has 7 heteroatoms. The van der Waals surface area contributed by atoms with Gasteiger partial charge in [-0.15, -0.1) is 0 Å². The Hall–Kier alpha value is -2.70. The van der Waals surface area contributed by atoms with Crippen molar-refractivity contribution < 1.29 is 19.2 Å². The van der Waals surface area contributed by atoms with E-state index in [-0.39, 0.29) is 5.91 Å². The lowest BCUT2D eigenvalue weighted by Crippen LogP contribution is -2.59. The number of nitrogens with one attached hydrogen (secondary N) is 2. The Bertz CT molecular complexity index is 679. The van der Waals surface area contributed by atoms with Crippen LogP contribution in [0.1, 0.15) is 19.8 Å². The topological polar surface area (TPSA) is 95.6 Å². The number of hydrogen-bond donors (Lipinski definition) is 2. The van der Waals surface area contributed by atoms with Gasteiger partial charge in [0.2, 0.25) is 11.8 Å². The molecule has 0 unspecified atom stereocenters. The number of rotatable bonds is 2. The fraction of sp³-hybridized carbons (Fsp3) is 0.286. The first-order chi connectivity index (χ1) is 9.94. The molecule has 1 aliphatic heterocycles. The van der Waals surface area contributed by atoms with E-state index in [1.54, 1.807) is 18.2 Å². The van der Waals surface area contributed by atoms with Gasteiger partial charge in [-0.2, -0.15) is 0 Å². The summed E-state index contributed by atoms with van der Waals surface area (Å²) in [4.78, 5) is 48.2. The summed E-state index contributed by atoms with van der Waals surface area (Å²) in [6, 6.07) is 5.61. The van der Waals surface area contributed by atoms with Crippen molar-refractivity contribution in [3.8, 4) is 0 Å². The number of imide groups is 2. The second kappa shape index (κ2) is 4.41. The van der Waals surface area contributed by atoms with Gasteiger partial charge in [0, 0.05) is 12.6 Å². The van der Waals surface area contributed by atoms with Crippen molar-refractivity contribution in [1.82, 2.24) is 5.32 Å². The first-order valence-electron chi connectivity index (χ1n) is 6.52. The molecule has 1 spiro atoms. The minimum absolute atomic E-state index is 0.254. The molecule has 1 aromatic carbocycles. The van der Waals surface area contributed by atoms with Gasteiger partial charge in [0.15, 0.2) is 0 Å². The normalized spacial score (nSPS) is 19.5. The quantitative estimate of drug-likeness (QED) is 0.793. The van der Waals surface area contributed by atoms with E-state index >= 15 is 0 Å². The number of hydrogen-bond acceptors (Lipinski definition) is 4. The van der Waals surface area contributed by atoms with E-state index in [1.807, 2.05) is 0 Å². The second-order valence-corrected chi connectivity index (χ2v) is 5.21. The molecule has 5 amide bonds. The van der Waals surface area contributed by atoms with Gasteiger partial charge in [-0.3, -0.25) is 19.7 Å². The van der Waals surface area contributed by atoms with Gasteiger partial charge in [-0.1, -0.05) is 6.07 Å². The van der Waals surface area contributed by atoms with E-state index in [2.05, 4.69) is 10.6 Å². The van der Waals surface area contributed by atoms with Crippen LogP contribution < -0.4 is 15.5 Å². The minimum atomic E-state index is -1.09. The average Bonchev–Trinajstić information content (AvgIpc) is 3.18. The van der Waals surface area contributed by atoms with Crippen molar-refractivity contribution in [1.29, 1.82) is 0 Å². The molecular formula is C14H13N3O4. The van der Waals surface area contributed by atoms with E-state index in [1.165, 1.54) is 13.0 Å². The van der Waals surface area contributed by atoms with Crippen molar-refractivity contribution in [3.05, 3.63) is 24.3 Å². The molecule has 2 aliphatic rings. The SMILES string of the molecule is CC(=O)Nc1cccc(N2C(=O)NC(=O)C3(CC3)C2=O)c1.